The zero-order chi connectivity index (χ0) is 13.1. The lowest BCUT2D eigenvalue weighted by atomic mass is 10.1. The molecule has 0 bridgehead atoms. The van der Waals surface area contributed by atoms with Crippen LogP contribution in [-0.4, -0.2) is 17.1 Å². The Morgan fingerprint density at radius 2 is 1.94 bits per heavy atom. The number of benzene rings is 1. The summed E-state index contributed by atoms with van der Waals surface area (Å²) < 4.78 is 5.83. The lowest BCUT2D eigenvalue weighted by Gasteiger charge is -2.16. The SMILES string of the molecule is CC(=O)c1ccc(C(=O)Cl)cc1OC1CCCC1. The Kier molecular flexibility index (Phi) is 4.02. The van der Waals surface area contributed by atoms with Crippen LogP contribution < -0.4 is 4.74 Å². The smallest absolute Gasteiger partial charge is 0.252 e. The minimum Gasteiger partial charge on any atom is -0.490 e. The molecule has 0 saturated heterocycles. The first-order valence-electron chi connectivity index (χ1n) is 6.09. The number of carbonyl (C=O) groups is 2. The predicted molar refractivity (Wildman–Crippen MR) is 69.5 cm³/mol. The van der Waals surface area contributed by atoms with Crippen molar-refractivity contribution in [3.05, 3.63) is 29.3 Å². The largest absolute Gasteiger partial charge is 0.490 e. The molecule has 1 aliphatic rings. The maximum Gasteiger partial charge on any atom is 0.252 e. The van der Waals surface area contributed by atoms with Crippen molar-refractivity contribution in [1.29, 1.82) is 0 Å². The van der Waals surface area contributed by atoms with E-state index in [2.05, 4.69) is 0 Å². The highest BCUT2D eigenvalue weighted by molar-refractivity contribution is 6.67. The molecule has 1 aromatic carbocycles. The van der Waals surface area contributed by atoms with Crippen molar-refractivity contribution in [3.63, 3.8) is 0 Å². The van der Waals surface area contributed by atoms with Gasteiger partial charge in [-0.2, -0.15) is 0 Å². The van der Waals surface area contributed by atoms with Crippen molar-refractivity contribution >= 4 is 22.6 Å². The van der Waals surface area contributed by atoms with E-state index in [0.717, 1.165) is 25.7 Å². The second kappa shape index (κ2) is 5.53. The van der Waals surface area contributed by atoms with Crippen molar-refractivity contribution in [2.75, 3.05) is 0 Å². The Labute approximate surface area is 111 Å². The molecule has 96 valence electrons. The summed E-state index contributed by atoms with van der Waals surface area (Å²) in [5.74, 6) is 0.400. The highest BCUT2D eigenvalue weighted by Gasteiger charge is 2.20. The lowest BCUT2D eigenvalue weighted by Crippen LogP contribution is -2.13. The van der Waals surface area contributed by atoms with Crippen LogP contribution in [0.5, 0.6) is 5.75 Å². The van der Waals surface area contributed by atoms with Crippen LogP contribution in [-0.2, 0) is 0 Å². The molecule has 0 aliphatic heterocycles. The van der Waals surface area contributed by atoms with Gasteiger partial charge in [0.05, 0.1) is 11.7 Å². The standard InChI is InChI=1S/C14H15ClO3/c1-9(16)12-7-6-10(14(15)17)8-13(12)18-11-4-2-3-5-11/h6-8,11H,2-5H2,1H3. The highest BCUT2D eigenvalue weighted by atomic mass is 35.5. The summed E-state index contributed by atoms with van der Waals surface area (Å²) in [4.78, 5) is 22.7. The summed E-state index contributed by atoms with van der Waals surface area (Å²) in [5, 5.41) is -0.540. The van der Waals surface area contributed by atoms with Gasteiger partial charge in [-0.15, -0.1) is 0 Å². The molecular weight excluding hydrogens is 252 g/mol. The van der Waals surface area contributed by atoms with Crippen LogP contribution in [0.2, 0.25) is 0 Å². The molecule has 0 atom stereocenters. The molecule has 1 fully saturated rings. The molecule has 1 aliphatic carbocycles. The Morgan fingerprint density at radius 1 is 1.28 bits per heavy atom. The summed E-state index contributed by atoms with van der Waals surface area (Å²) in [6.07, 6.45) is 4.43. The van der Waals surface area contributed by atoms with E-state index < -0.39 is 5.24 Å². The van der Waals surface area contributed by atoms with Gasteiger partial charge < -0.3 is 4.74 Å². The number of Topliss-reactive ketones (excluding diaryl/α,β-unsaturated/α-hetero) is 1. The molecule has 3 nitrogen and oxygen atoms in total. The maximum absolute atomic E-state index is 11.5. The lowest BCUT2D eigenvalue weighted by molar-refractivity contribution is 0.100. The second-order valence-corrected chi connectivity index (χ2v) is 4.91. The van der Waals surface area contributed by atoms with Gasteiger partial charge in [0.25, 0.3) is 5.24 Å². The first-order valence-corrected chi connectivity index (χ1v) is 6.47. The number of hydrogen-bond donors (Lipinski definition) is 0. The quantitative estimate of drug-likeness (QED) is 0.618. The van der Waals surface area contributed by atoms with Crippen LogP contribution in [0.3, 0.4) is 0 Å². The summed E-state index contributed by atoms with van der Waals surface area (Å²) in [6, 6.07) is 4.71. The first kappa shape index (κ1) is 13.1. The molecule has 0 aromatic heterocycles. The molecule has 1 saturated carbocycles. The van der Waals surface area contributed by atoms with Gasteiger partial charge in [-0.25, -0.2) is 0 Å². The van der Waals surface area contributed by atoms with Crippen LogP contribution in [0.15, 0.2) is 18.2 Å². The van der Waals surface area contributed by atoms with Gasteiger partial charge in [-0.05, 0) is 62.4 Å². The van der Waals surface area contributed by atoms with Crippen LogP contribution in [0.1, 0.15) is 53.3 Å². The normalized spacial score (nSPS) is 15.7. The molecular formula is C14H15ClO3. The Balaban J connectivity index is 2.30. The van der Waals surface area contributed by atoms with E-state index in [4.69, 9.17) is 16.3 Å². The Hall–Kier alpha value is -1.35. The average Bonchev–Trinajstić information content (AvgIpc) is 2.81. The zero-order valence-electron chi connectivity index (χ0n) is 10.2. The second-order valence-electron chi connectivity index (χ2n) is 4.57. The van der Waals surface area contributed by atoms with Crippen LogP contribution >= 0.6 is 11.6 Å². The number of ketones is 1. The monoisotopic (exact) mass is 266 g/mol. The highest BCUT2D eigenvalue weighted by Crippen LogP contribution is 2.28. The molecule has 2 rings (SSSR count). The fourth-order valence-corrected chi connectivity index (χ4v) is 2.34. The summed E-state index contributed by atoms with van der Waals surface area (Å²) in [7, 11) is 0. The first-order chi connectivity index (χ1) is 8.58. The summed E-state index contributed by atoms with van der Waals surface area (Å²) >= 11 is 5.44. The molecule has 0 amide bonds. The molecule has 0 spiro atoms. The number of carbonyl (C=O) groups excluding carboxylic acids is 2. The number of halogens is 1. The Bertz CT molecular complexity index is 476. The van der Waals surface area contributed by atoms with E-state index in [1.807, 2.05) is 0 Å². The minimum atomic E-state index is -0.540. The molecule has 18 heavy (non-hydrogen) atoms. The molecule has 0 unspecified atom stereocenters. The van der Waals surface area contributed by atoms with Gasteiger partial charge in [-0.3, -0.25) is 9.59 Å². The third-order valence-corrected chi connectivity index (χ3v) is 3.40. The molecule has 1 aromatic rings. The topological polar surface area (TPSA) is 43.4 Å². The van der Waals surface area contributed by atoms with Gasteiger partial charge in [0.15, 0.2) is 5.78 Å². The van der Waals surface area contributed by atoms with Crippen molar-refractivity contribution < 1.29 is 14.3 Å². The van der Waals surface area contributed by atoms with E-state index in [0.29, 0.717) is 16.9 Å². The van der Waals surface area contributed by atoms with Crippen molar-refractivity contribution in [1.82, 2.24) is 0 Å². The van der Waals surface area contributed by atoms with Gasteiger partial charge >= 0.3 is 0 Å². The summed E-state index contributed by atoms with van der Waals surface area (Å²) in [6.45, 7) is 1.49. The van der Waals surface area contributed by atoms with Crippen molar-refractivity contribution in [2.45, 2.75) is 38.7 Å². The van der Waals surface area contributed by atoms with E-state index in [1.54, 1.807) is 18.2 Å². The van der Waals surface area contributed by atoms with E-state index in [9.17, 15) is 9.59 Å². The third kappa shape index (κ3) is 2.91. The molecule has 0 heterocycles. The van der Waals surface area contributed by atoms with Crippen LogP contribution in [0, 0.1) is 0 Å². The summed E-state index contributed by atoms with van der Waals surface area (Å²) in [5.41, 5.74) is 0.859. The number of rotatable bonds is 4. The molecule has 0 N–H and O–H groups in total. The Morgan fingerprint density at radius 3 is 2.50 bits per heavy atom. The number of hydrogen-bond acceptors (Lipinski definition) is 3. The van der Waals surface area contributed by atoms with Gasteiger partial charge in [0.1, 0.15) is 5.75 Å². The predicted octanol–water partition coefficient (Wildman–Crippen LogP) is 3.59. The van der Waals surface area contributed by atoms with Gasteiger partial charge in [0, 0.05) is 5.56 Å². The average molecular weight is 267 g/mol. The molecule has 0 radical (unpaired) electrons. The van der Waals surface area contributed by atoms with E-state index in [1.165, 1.54) is 6.92 Å². The van der Waals surface area contributed by atoms with Crippen LogP contribution in [0.25, 0.3) is 0 Å². The molecule has 4 heteroatoms. The van der Waals surface area contributed by atoms with Crippen LogP contribution in [0.4, 0.5) is 0 Å². The fourth-order valence-electron chi connectivity index (χ4n) is 2.22. The van der Waals surface area contributed by atoms with E-state index in [-0.39, 0.29) is 11.9 Å². The number of ether oxygens (including phenoxy) is 1. The van der Waals surface area contributed by atoms with E-state index >= 15 is 0 Å². The minimum absolute atomic E-state index is 0.0726. The third-order valence-electron chi connectivity index (χ3n) is 3.18. The van der Waals surface area contributed by atoms with Gasteiger partial charge in [0.2, 0.25) is 0 Å². The zero-order valence-corrected chi connectivity index (χ0v) is 11.0. The van der Waals surface area contributed by atoms with Gasteiger partial charge in [-0.1, -0.05) is 0 Å². The maximum atomic E-state index is 11.5. The fraction of sp³-hybridized carbons (Fsp3) is 0.429. The van der Waals surface area contributed by atoms with Crippen molar-refractivity contribution in [3.8, 4) is 5.75 Å². The van der Waals surface area contributed by atoms with Crippen molar-refractivity contribution in [2.24, 2.45) is 0 Å².